The van der Waals surface area contributed by atoms with Crippen LogP contribution in [0.1, 0.15) is 0 Å². The van der Waals surface area contributed by atoms with Gasteiger partial charge in [-0.15, -0.1) is 0 Å². The first-order chi connectivity index (χ1) is 16.4. The lowest BCUT2D eigenvalue weighted by molar-refractivity contribution is -0.385. The SMILES string of the molecule is CN(C)CCOc1ccc(-n2ccn(-c3ccc(Oc4ccccc4[N+](=O)[O-])cc3)c2=O)cc1. The van der Waals surface area contributed by atoms with Crippen LogP contribution in [0.2, 0.25) is 0 Å². The molecule has 0 amide bonds. The van der Waals surface area contributed by atoms with Crippen LogP contribution >= 0.6 is 0 Å². The van der Waals surface area contributed by atoms with Crippen molar-refractivity contribution in [3.8, 4) is 28.6 Å². The monoisotopic (exact) mass is 460 g/mol. The molecule has 0 aliphatic heterocycles. The van der Waals surface area contributed by atoms with Gasteiger partial charge in [-0.2, -0.15) is 0 Å². The second kappa shape index (κ2) is 10.1. The number of benzene rings is 3. The summed E-state index contributed by atoms with van der Waals surface area (Å²) in [6, 6.07) is 20.3. The fourth-order valence-electron chi connectivity index (χ4n) is 3.32. The number of para-hydroxylation sites is 2. The number of likely N-dealkylation sites (N-methyl/N-ethyl adjacent to an activating group) is 1. The molecule has 0 spiro atoms. The highest BCUT2D eigenvalue weighted by Crippen LogP contribution is 2.31. The molecule has 1 aromatic heterocycles. The van der Waals surface area contributed by atoms with E-state index in [0.717, 1.165) is 18.0 Å². The average Bonchev–Trinajstić information content (AvgIpc) is 3.21. The molecule has 0 aliphatic carbocycles. The van der Waals surface area contributed by atoms with Gasteiger partial charge in [0, 0.05) is 25.0 Å². The molecule has 1 heterocycles. The first-order valence-electron chi connectivity index (χ1n) is 10.6. The van der Waals surface area contributed by atoms with E-state index in [1.807, 2.05) is 43.3 Å². The summed E-state index contributed by atoms with van der Waals surface area (Å²) in [5.74, 6) is 1.32. The smallest absolute Gasteiger partial charge is 0.337 e. The minimum atomic E-state index is -0.492. The molecule has 0 bridgehead atoms. The van der Waals surface area contributed by atoms with E-state index in [1.54, 1.807) is 53.4 Å². The topological polar surface area (TPSA) is 91.8 Å². The van der Waals surface area contributed by atoms with Crippen molar-refractivity contribution in [2.75, 3.05) is 27.2 Å². The van der Waals surface area contributed by atoms with E-state index in [9.17, 15) is 14.9 Å². The number of hydrogen-bond acceptors (Lipinski definition) is 6. The Hall–Kier alpha value is -4.37. The van der Waals surface area contributed by atoms with E-state index in [1.165, 1.54) is 16.7 Å². The quantitative estimate of drug-likeness (QED) is 0.274. The zero-order valence-corrected chi connectivity index (χ0v) is 18.8. The Kier molecular flexibility index (Phi) is 6.74. The number of nitro benzene ring substituents is 1. The molecule has 9 nitrogen and oxygen atoms in total. The molecule has 34 heavy (non-hydrogen) atoms. The summed E-state index contributed by atoms with van der Waals surface area (Å²) in [5.41, 5.74) is 1.02. The Morgan fingerprint density at radius 3 is 1.97 bits per heavy atom. The zero-order chi connectivity index (χ0) is 24.1. The van der Waals surface area contributed by atoms with Gasteiger partial charge in [-0.05, 0) is 68.7 Å². The van der Waals surface area contributed by atoms with E-state index >= 15 is 0 Å². The third-order valence-corrected chi connectivity index (χ3v) is 5.10. The summed E-state index contributed by atoms with van der Waals surface area (Å²) in [4.78, 5) is 25.7. The third kappa shape index (κ3) is 5.16. The minimum absolute atomic E-state index is 0.117. The maximum atomic E-state index is 13.0. The minimum Gasteiger partial charge on any atom is -0.492 e. The van der Waals surface area contributed by atoms with E-state index in [-0.39, 0.29) is 17.1 Å². The summed E-state index contributed by atoms with van der Waals surface area (Å²) in [6.07, 6.45) is 3.38. The fraction of sp³-hybridized carbons (Fsp3) is 0.160. The first-order valence-corrected chi connectivity index (χ1v) is 10.6. The number of rotatable bonds is 9. The summed E-state index contributed by atoms with van der Waals surface area (Å²) in [6.45, 7) is 1.40. The van der Waals surface area contributed by atoms with Crippen LogP contribution in [0.4, 0.5) is 5.69 Å². The lowest BCUT2D eigenvalue weighted by Crippen LogP contribution is -2.21. The highest BCUT2D eigenvalue weighted by Gasteiger charge is 2.14. The van der Waals surface area contributed by atoms with Crippen LogP contribution in [-0.2, 0) is 0 Å². The van der Waals surface area contributed by atoms with Crippen LogP contribution in [0, 0.1) is 10.1 Å². The predicted octanol–water partition coefficient (Wildman–Crippen LogP) is 4.27. The van der Waals surface area contributed by atoms with Gasteiger partial charge in [0.25, 0.3) is 0 Å². The molecule has 0 saturated heterocycles. The average molecular weight is 460 g/mol. The molecule has 0 unspecified atom stereocenters. The Labute approximate surface area is 196 Å². The van der Waals surface area contributed by atoms with E-state index in [0.29, 0.717) is 18.0 Å². The Morgan fingerprint density at radius 1 is 0.853 bits per heavy atom. The Morgan fingerprint density at radius 2 is 1.41 bits per heavy atom. The second-order valence-electron chi connectivity index (χ2n) is 7.79. The highest BCUT2D eigenvalue weighted by molar-refractivity contribution is 5.49. The predicted molar refractivity (Wildman–Crippen MR) is 129 cm³/mol. The van der Waals surface area contributed by atoms with Gasteiger partial charge < -0.3 is 14.4 Å². The molecular weight excluding hydrogens is 436 g/mol. The Bertz CT molecular complexity index is 1320. The summed E-state index contributed by atoms with van der Waals surface area (Å²) in [7, 11) is 3.97. The van der Waals surface area contributed by atoms with Crippen LogP contribution in [0.3, 0.4) is 0 Å². The molecule has 0 aliphatic rings. The molecule has 4 rings (SSSR count). The Balaban J connectivity index is 1.49. The van der Waals surface area contributed by atoms with Crippen molar-refractivity contribution < 1.29 is 14.4 Å². The number of ether oxygens (including phenoxy) is 2. The van der Waals surface area contributed by atoms with Crippen molar-refractivity contribution in [3.63, 3.8) is 0 Å². The third-order valence-electron chi connectivity index (χ3n) is 5.10. The van der Waals surface area contributed by atoms with Crippen molar-refractivity contribution in [3.05, 3.63) is 106 Å². The molecule has 0 saturated carbocycles. The van der Waals surface area contributed by atoms with Gasteiger partial charge in [-0.25, -0.2) is 4.79 Å². The van der Waals surface area contributed by atoms with Gasteiger partial charge in [0.05, 0.1) is 16.3 Å². The first kappa shape index (κ1) is 22.8. The summed E-state index contributed by atoms with van der Waals surface area (Å²) in [5, 5.41) is 11.2. The van der Waals surface area contributed by atoms with Crippen LogP contribution in [0.25, 0.3) is 11.4 Å². The van der Waals surface area contributed by atoms with Gasteiger partial charge >= 0.3 is 11.4 Å². The number of hydrogen-bond donors (Lipinski definition) is 0. The van der Waals surface area contributed by atoms with Crippen molar-refractivity contribution in [1.29, 1.82) is 0 Å². The van der Waals surface area contributed by atoms with Crippen molar-refractivity contribution in [2.45, 2.75) is 0 Å². The number of aromatic nitrogens is 2. The lowest BCUT2D eigenvalue weighted by atomic mass is 10.2. The molecule has 0 N–H and O–H groups in total. The highest BCUT2D eigenvalue weighted by atomic mass is 16.6. The van der Waals surface area contributed by atoms with Crippen LogP contribution < -0.4 is 15.2 Å². The summed E-state index contributed by atoms with van der Waals surface area (Å²) >= 11 is 0. The van der Waals surface area contributed by atoms with E-state index < -0.39 is 4.92 Å². The number of nitro groups is 1. The number of imidazole rings is 1. The number of nitrogens with zero attached hydrogens (tertiary/aromatic N) is 4. The van der Waals surface area contributed by atoms with Crippen LogP contribution in [0.5, 0.6) is 17.2 Å². The van der Waals surface area contributed by atoms with Gasteiger partial charge in [0.15, 0.2) is 0 Å². The molecule has 0 radical (unpaired) electrons. The fourth-order valence-corrected chi connectivity index (χ4v) is 3.32. The van der Waals surface area contributed by atoms with Crippen molar-refractivity contribution >= 4 is 5.69 Å². The standard InChI is InChI=1S/C25H24N4O5/c1-26(2)17-18-33-21-11-7-19(8-12-21)27-15-16-28(25(27)30)20-9-13-22(14-10-20)34-24-6-4-3-5-23(24)29(31)32/h3-16H,17-18H2,1-2H3. The maximum absolute atomic E-state index is 13.0. The molecule has 4 aromatic rings. The van der Waals surface area contributed by atoms with Crippen LogP contribution in [0.15, 0.2) is 90.0 Å². The maximum Gasteiger partial charge on any atom is 0.337 e. The normalized spacial score (nSPS) is 10.9. The van der Waals surface area contributed by atoms with Crippen molar-refractivity contribution in [1.82, 2.24) is 14.0 Å². The molecule has 174 valence electrons. The molecule has 9 heteroatoms. The van der Waals surface area contributed by atoms with E-state index in [2.05, 4.69) is 0 Å². The van der Waals surface area contributed by atoms with Crippen molar-refractivity contribution in [2.24, 2.45) is 0 Å². The molecule has 3 aromatic carbocycles. The molecule has 0 atom stereocenters. The second-order valence-corrected chi connectivity index (χ2v) is 7.79. The largest absolute Gasteiger partial charge is 0.492 e. The van der Waals surface area contributed by atoms with Crippen LogP contribution in [-0.4, -0.2) is 46.2 Å². The molecular formula is C25H24N4O5. The zero-order valence-electron chi connectivity index (χ0n) is 18.8. The van der Waals surface area contributed by atoms with Gasteiger partial charge in [-0.3, -0.25) is 19.2 Å². The van der Waals surface area contributed by atoms with Gasteiger partial charge in [0.2, 0.25) is 5.75 Å². The lowest BCUT2D eigenvalue weighted by Gasteiger charge is -2.11. The van der Waals surface area contributed by atoms with Gasteiger partial charge in [-0.1, -0.05) is 12.1 Å². The summed E-state index contributed by atoms with van der Waals surface area (Å²) < 4.78 is 14.4. The van der Waals surface area contributed by atoms with E-state index in [4.69, 9.17) is 9.47 Å². The van der Waals surface area contributed by atoms with Gasteiger partial charge in [0.1, 0.15) is 18.1 Å². The molecule has 0 fully saturated rings.